The predicted octanol–water partition coefficient (Wildman–Crippen LogP) is 4.81. The first-order valence-corrected chi connectivity index (χ1v) is 9.83. The molecule has 0 spiro atoms. The van der Waals surface area contributed by atoms with E-state index in [1.807, 2.05) is 24.3 Å². The molecule has 0 aliphatic rings. The number of para-hydroxylation sites is 1. The normalized spacial score (nSPS) is 10.9. The van der Waals surface area contributed by atoms with Gasteiger partial charge in [0.05, 0.1) is 24.3 Å². The number of hydrogen-bond donors (Lipinski definition) is 2. The second-order valence-electron chi connectivity index (χ2n) is 7.01. The van der Waals surface area contributed by atoms with Crippen LogP contribution in [0, 0.1) is 10.1 Å². The van der Waals surface area contributed by atoms with Gasteiger partial charge in [-0.05, 0) is 24.3 Å². The van der Waals surface area contributed by atoms with Crippen LogP contribution < -0.4 is 15.4 Å². The Balaban J connectivity index is 1.65. The number of furan rings is 1. The highest BCUT2D eigenvalue weighted by Gasteiger charge is 2.19. The van der Waals surface area contributed by atoms with Gasteiger partial charge in [0.1, 0.15) is 22.6 Å². The third-order valence-corrected chi connectivity index (χ3v) is 5.03. The van der Waals surface area contributed by atoms with Crippen molar-refractivity contribution in [1.29, 1.82) is 0 Å². The minimum Gasteiger partial charge on any atom is -0.495 e. The van der Waals surface area contributed by atoms with Crippen LogP contribution >= 0.6 is 0 Å². The molecule has 3 aromatic carbocycles. The Kier molecular flexibility index (Phi) is 5.91. The van der Waals surface area contributed by atoms with Crippen molar-refractivity contribution in [1.82, 2.24) is 0 Å². The number of methoxy groups -OCH3 is 2. The van der Waals surface area contributed by atoms with E-state index in [0.717, 1.165) is 16.4 Å². The number of anilines is 2. The van der Waals surface area contributed by atoms with Crippen LogP contribution in [0.3, 0.4) is 0 Å². The maximum Gasteiger partial charge on any atom is 0.293 e. The molecule has 164 valence electrons. The highest BCUT2D eigenvalue weighted by atomic mass is 16.6. The lowest BCUT2D eigenvalue weighted by Crippen LogP contribution is -2.14. The van der Waals surface area contributed by atoms with Gasteiger partial charge in [0.25, 0.3) is 11.6 Å². The van der Waals surface area contributed by atoms with Crippen LogP contribution in [0.25, 0.3) is 21.9 Å². The van der Waals surface area contributed by atoms with Gasteiger partial charge in [-0.15, -0.1) is 0 Å². The fraction of sp³-hybridized carbons (Fsp3) is 0.174. The summed E-state index contributed by atoms with van der Waals surface area (Å²) in [7, 11) is 3.05. The molecule has 0 aliphatic heterocycles. The lowest BCUT2D eigenvalue weighted by molar-refractivity contribution is -0.384. The van der Waals surface area contributed by atoms with Crippen LogP contribution in [0.4, 0.5) is 17.1 Å². The van der Waals surface area contributed by atoms with E-state index in [1.165, 1.54) is 25.3 Å². The second-order valence-corrected chi connectivity index (χ2v) is 7.01. The van der Waals surface area contributed by atoms with E-state index >= 15 is 0 Å². The molecule has 1 aromatic heterocycles. The number of nitro benzene ring substituents is 1. The summed E-state index contributed by atoms with van der Waals surface area (Å²) < 4.78 is 16.3. The SMILES string of the molecule is COCCNc1ccc(C(=O)Nc2cc3oc4ccccc4c3cc2OC)cc1[N+](=O)[O-]. The molecule has 0 saturated heterocycles. The molecule has 0 aliphatic carbocycles. The van der Waals surface area contributed by atoms with Crippen molar-refractivity contribution < 1.29 is 23.6 Å². The highest BCUT2D eigenvalue weighted by molar-refractivity contribution is 6.10. The molecule has 0 atom stereocenters. The van der Waals surface area contributed by atoms with E-state index in [0.29, 0.717) is 35.9 Å². The van der Waals surface area contributed by atoms with Gasteiger partial charge >= 0.3 is 0 Å². The molecule has 1 amide bonds. The summed E-state index contributed by atoms with van der Waals surface area (Å²) in [6.07, 6.45) is 0. The Bertz CT molecular complexity index is 1310. The van der Waals surface area contributed by atoms with E-state index in [1.54, 1.807) is 19.2 Å². The number of nitrogens with one attached hydrogen (secondary N) is 2. The fourth-order valence-electron chi connectivity index (χ4n) is 3.47. The predicted molar refractivity (Wildman–Crippen MR) is 122 cm³/mol. The number of rotatable bonds is 8. The third-order valence-electron chi connectivity index (χ3n) is 5.03. The van der Waals surface area contributed by atoms with Crippen LogP contribution in [-0.4, -0.2) is 38.2 Å². The molecule has 0 radical (unpaired) electrons. The van der Waals surface area contributed by atoms with Crippen LogP contribution in [0.2, 0.25) is 0 Å². The molecule has 0 fully saturated rings. The monoisotopic (exact) mass is 435 g/mol. The molecule has 1 heterocycles. The van der Waals surface area contributed by atoms with E-state index < -0.39 is 10.8 Å². The van der Waals surface area contributed by atoms with Crippen LogP contribution in [0.15, 0.2) is 59.0 Å². The van der Waals surface area contributed by atoms with Gasteiger partial charge in [0.2, 0.25) is 0 Å². The van der Waals surface area contributed by atoms with Crippen molar-refractivity contribution in [3.05, 3.63) is 70.3 Å². The minimum atomic E-state index is -0.535. The smallest absolute Gasteiger partial charge is 0.293 e. The molecule has 2 N–H and O–H groups in total. The summed E-state index contributed by atoms with van der Waals surface area (Å²) in [6.45, 7) is 0.793. The van der Waals surface area contributed by atoms with E-state index in [9.17, 15) is 14.9 Å². The number of carbonyl (C=O) groups excluding carboxylic acids is 1. The standard InChI is InChI=1S/C23H21N3O6/c1-30-10-9-24-17-8-7-14(11-19(17)26(28)29)23(27)25-18-13-21-16(12-22(18)31-2)15-5-3-4-6-20(15)32-21/h3-8,11-13,24H,9-10H2,1-2H3,(H,25,27). The number of ether oxygens (including phenoxy) is 2. The Hall–Kier alpha value is -4.11. The molecular formula is C23H21N3O6. The van der Waals surface area contributed by atoms with Crippen LogP contribution in [0.5, 0.6) is 5.75 Å². The van der Waals surface area contributed by atoms with E-state index in [4.69, 9.17) is 13.9 Å². The maximum atomic E-state index is 12.9. The first kappa shape index (κ1) is 21.1. The molecule has 32 heavy (non-hydrogen) atoms. The largest absolute Gasteiger partial charge is 0.495 e. The Morgan fingerprint density at radius 2 is 1.84 bits per heavy atom. The van der Waals surface area contributed by atoms with Crippen LogP contribution in [0.1, 0.15) is 10.4 Å². The van der Waals surface area contributed by atoms with Crippen molar-refractivity contribution in [3.8, 4) is 5.75 Å². The van der Waals surface area contributed by atoms with Gasteiger partial charge in [-0.1, -0.05) is 18.2 Å². The van der Waals surface area contributed by atoms with Crippen molar-refractivity contribution in [2.24, 2.45) is 0 Å². The van der Waals surface area contributed by atoms with Crippen molar-refractivity contribution >= 4 is 44.9 Å². The first-order chi connectivity index (χ1) is 15.5. The molecule has 4 rings (SSSR count). The zero-order valence-corrected chi connectivity index (χ0v) is 17.5. The summed E-state index contributed by atoms with van der Waals surface area (Å²) in [6, 6.07) is 15.3. The Labute approximate surface area is 183 Å². The van der Waals surface area contributed by atoms with Crippen molar-refractivity contribution in [2.45, 2.75) is 0 Å². The first-order valence-electron chi connectivity index (χ1n) is 9.83. The molecule has 0 saturated carbocycles. The number of fused-ring (bicyclic) bond motifs is 3. The van der Waals surface area contributed by atoms with Gasteiger partial charge in [0, 0.05) is 42.1 Å². The van der Waals surface area contributed by atoms with Gasteiger partial charge in [0.15, 0.2) is 0 Å². The summed E-state index contributed by atoms with van der Waals surface area (Å²) in [4.78, 5) is 23.8. The summed E-state index contributed by atoms with van der Waals surface area (Å²) in [5, 5.41) is 19.0. The molecule has 0 bridgehead atoms. The molecule has 4 aromatic rings. The number of hydrogen-bond acceptors (Lipinski definition) is 7. The molecule has 0 unspecified atom stereocenters. The summed E-state index contributed by atoms with van der Waals surface area (Å²) in [5.41, 5.74) is 1.96. The average Bonchev–Trinajstić information content (AvgIpc) is 3.16. The lowest BCUT2D eigenvalue weighted by atomic mass is 10.1. The Morgan fingerprint density at radius 3 is 2.59 bits per heavy atom. The topological polar surface area (TPSA) is 116 Å². The van der Waals surface area contributed by atoms with Crippen molar-refractivity contribution in [2.75, 3.05) is 38.0 Å². The zero-order chi connectivity index (χ0) is 22.7. The quantitative estimate of drug-likeness (QED) is 0.232. The van der Waals surface area contributed by atoms with E-state index in [-0.39, 0.29) is 11.3 Å². The van der Waals surface area contributed by atoms with Crippen LogP contribution in [-0.2, 0) is 4.74 Å². The number of carbonyl (C=O) groups is 1. The summed E-state index contributed by atoms with van der Waals surface area (Å²) in [5.74, 6) is -0.0601. The molecular weight excluding hydrogens is 414 g/mol. The summed E-state index contributed by atoms with van der Waals surface area (Å²) >= 11 is 0. The third kappa shape index (κ3) is 4.06. The molecule has 9 nitrogen and oxygen atoms in total. The lowest BCUT2D eigenvalue weighted by Gasteiger charge is -2.11. The average molecular weight is 435 g/mol. The van der Waals surface area contributed by atoms with E-state index in [2.05, 4.69) is 10.6 Å². The molecule has 9 heteroatoms. The number of amides is 1. The fourth-order valence-corrected chi connectivity index (χ4v) is 3.47. The van der Waals surface area contributed by atoms with Gasteiger partial charge in [-0.3, -0.25) is 14.9 Å². The highest BCUT2D eigenvalue weighted by Crippen LogP contribution is 2.36. The number of benzene rings is 3. The van der Waals surface area contributed by atoms with Crippen molar-refractivity contribution in [3.63, 3.8) is 0 Å². The Morgan fingerprint density at radius 1 is 1.03 bits per heavy atom. The maximum absolute atomic E-state index is 12.9. The minimum absolute atomic E-state index is 0.140. The van der Waals surface area contributed by atoms with Gasteiger partial charge < -0.3 is 24.5 Å². The number of nitro groups is 1. The van der Waals surface area contributed by atoms with Gasteiger partial charge in [-0.25, -0.2) is 0 Å². The van der Waals surface area contributed by atoms with Gasteiger partial charge in [-0.2, -0.15) is 0 Å². The zero-order valence-electron chi connectivity index (χ0n) is 17.5. The second kappa shape index (κ2) is 8.94. The number of nitrogens with zero attached hydrogens (tertiary/aromatic N) is 1.